The Morgan fingerprint density at radius 1 is 1.21 bits per heavy atom. The van der Waals surface area contributed by atoms with Gasteiger partial charge in [0.25, 0.3) is 0 Å². The Labute approximate surface area is 176 Å². The van der Waals surface area contributed by atoms with Gasteiger partial charge in [0, 0.05) is 23.8 Å². The van der Waals surface area contributed by atoms with Crippen molar-refractivity contribution < 1.29 is 17.9 Å². The molecule has 0 aromatic heterocycles. The lowest BCUT2D eigenvalue weighted by atomic mass is 9.99. The van der Waals surface area contributed by atoms with Crippen LogP contribution in [0.3, 0.4) is 0 Å². The van der Waals surface area contributed by atoms with Crippen molar-refractivity contribution in [2.75, 3.05) is 25.0 Å². The average Bonchev–Trinajstić information content (AvgIpc) is 2.73. The highest BCUT2D eigenvalue weighted by molar-refractivity contribution is 7.89. The molecule has 1 fully saturated rings. The number of amides is 1. The highest BCUT2D eigenvalue weighted by Gasteiger charge is 2.33. The lowest BCUT2D eigenvalue weighted by Crippen LogP contribution is -2.43. The molecule has 0 radical (unpaired) electrons. The number of sulfonamides is 1. The summed E-state index contributed by atoms with van der Waals surface area (Å²) >= 11 is 5.85. The third-order valence-electron chi connectivity index (χ3n) is 4.70. The average molecular weight is 435 g/mol. The van der Waals surface area contributed by atoms with Crippen LogP contribution in [-0.4, -0.2) is 38.3 Å². The van der Waals surface area contributed by atoms with Crippen LogP contribution in [-0.2, 0) is 14.8 Å². The summed E-state index contributed by atoms with van der Waals surface area (Å²) < 4.78 is 32.5. The second-order valence-corrected chi connectivity index (χ2v) is 9.14. The van der Waals surface area contributed by atoms with Crippen LogP contribution in [0.4, 0.5) is 5.69 Å². The smallest absolute Gasteiger partial charge is 0.243 e. The molecule has 154 valence electrons. The number of carbonyl (C=O) groups excluding carboxylic acids is 1. The number of nitrogens with zero attached hydrogens (tertiary/aromatic N) is 1. The zero-order chi connectivity index (χ0) is 20.9. The Balaban J connectivity index is 1.64. The van der Waals surface area contributed by atoms with Gasteiger partial charge in [-0.2, -0.15) is 4.31 Å². The molecule has 0 aliphatic carbocycles. The lowest BCUT2D eigenvalue weighted by Gasteiger charge is -2.31. The summed E-state index contributed by atoms with van der Waals surface area (Å²) in [5.74, 6) is 0.0732. The van der Waals surface area contributed by atoms with Crippen molar-refractivity contribution in [1.82, 2.24) is 4.31 Å². The molecule has 6 nitrogen and oxygen atoms in total. The van der Waals surface area contributed by atoms with E-state index < -0.39 is 15.9 Å². The molecule has 1 heterocycles. The van der Waals surface area contributed by atoms with Crippen molar-refractivity contribution in [3.8, 4) is 5.75 Å². The van der Waals surface area contributed by atoms with Gasteiger partial charge in [-0.25, -0.2) is 8.42 Å². The Bertz CT molecular complexity index is 959. The summed E-state index contributed by atoms with van der Waals surface area (Å²) in [5.41, 5.74) is 0.638. The fourth-order valence-electron chi connectivity index (χ4n) is 3.16. The van der Waals surface area contributed by atoms with Crippen molar-refractivity contribution in [2.24, 2.45) is 5.92 Å². The number of benzene rings is 2. The Morgan fingerprint density at radius 3 is 2.55 bits per heavy atom. The number of hydrogen-bond donors (Lipinski definition) is 1. The normalized spacial score (nSPS) is 17.5. The highest BCUT2D eigenvalue weighted by Crippen LogP contribution is 2.26. The van der Waals surface area contributed by atoms with Crippen LogP contribution in [0.25, 0.3) is 0 Å². The molecule has 0 spiro atoms. The number of carbonyl (C=O) groups is 1. The quantitative estimate of drug-likeness (QED) is 0.669. The fraction of sp³-hybridized carbons (Fsp3) is 0.286. The van der Waals surface area contributed by atoms with Gasteiger partial charge in [0.05, 0.1) is 10.8 Å². The number of nitrogens with one attached hydrogen (secondary N) is 1. The molecule has 0 saturated carbocycles. The first-order chi connectivity index (χ1) is 13.9. The van der Waals surface area contributed by atoms with E-state index in [0.29, 0.717) is 42.5 Å². The van der Waals surface area contributed by atoms with E-state index in [-0.39, 0.29) is 17.3 Å². The van der Waals surface area contributed by atoms with Crippen molar-refractivity contribution in [3.05, 3.63) is 66.2 Å². The van der Waals surface area contributed by atoms with Crippen LogP contribution in [0, 0.1) is 5.92 Å². The van der Waals surface area contributed by atoms with Crippen molar-refractivity contribution in [2.45, 2.75) is 17.7 Å². The number of ether oxygens (including phenoxy) is 1. The molecule has 2 aromatic rings. The Morgan fingerprint density at radius 2 is 1.90 bits per heavy atom. The van der Waals surface area contributed by atoms with Crippen LogP contribution in [0.5, 0.6) is 5.75 Å². The summed E-state index contributed by atoms with van der Waals surface area (Å²) in [7, 11) is -3.66. The summed E-state index contributed by atoms with van der Waals surface area (Å²) in [6.45, 7) is 4.55. The first kappa shape index (κ1) is 21.4. The molecule has 3 rings (SSSR count). The van der Waals surface area contributed by atoms with Crippen LogP contribution < -0.4 is 10.1 Å². The van der Waals surface area contributed by atoms with Gasteiger partial charge in [-0.15, -0.1) is 0 Å². The maximum Gasteiger partial charge on any atom is 0.243 e. The topological polar surface area (TPSA) is 75.7 Å². The third-order valence-corrected chi connectivity index (χ3v) is 6.83. The van der Waals surface area contributed by atoms with Crippen LogP contribution >= 0.6 is 11.6 Å². The molecule has 1 aliphatic heterocycles. The third kappa shape index (κ3) is 5.38. The van der Waals surface area contributed by atoms with Crippen LogP contribution in [0.1, 0.15) is 12.8 Å². The molecule has 0 unspecified atom stereocenters. The minimum Gasteiger partial charge on any atom is -0.490 e. The first-order valence-electron chi connectivity index (χ1n) is 9.30. The van der Waals surface area contributed by atoms with Gasteiger partial charge in [-0.3, -0.25) is 4.79 Å². The number of piperidine rings is 1. The summed E-state index contributed by atoms with van der Waals surface area (Å²) in [6, 6.07) is 13.1. The van der Waals surface area contributed by atoms with E-state index in [1.54, 1.807) is 42.5 Å². The molecule has 1 aliphatic rings. The van der Waals surface area contributed by atoms with Crippen LogP contribution in [0.15, 0.2) is 66.1 Å². The maximum absolute atomic E-state index is 12.9. The van der Waals surface area contributed by atoms with Gasteiger partial charge in [-0.1, -0.05) is 24.3 Å². The van der Waals surface area contributed by atoms with Gasteiger partial charge in [-0.05, 0) is 61.4 Å². The molecule has 8 heteroatoms. The SMILES string of the molecule is C=CCOc1ccc(NC(=O)[C@H]2CCCN(S(=O)(=O)c3ccc(Cl)cc3)C2)cc1. The molecule has 2 aromatic carbocycles. The molecular formula is C21H23ClN2O4S. The van der Waals surface area contributed by atoms with Crippen molar-refractivity contribution in [1.29, 1.82) is 0 Å². The largest absolute Gasteiger partial charge is 0.490 e. The second kappa shape index (κ2) is 9.43. The van der Waals surface area contributed by atoms with E-state index in [9.17, 15) is 13.2 Å². The highest BCUT2D eigenvalue weighted by atomic mass is 35.5. The maximum atomic E-state index is 12.9. The van der Waals surface area contributed by atoms with Gasteiger partial charge in [0.1, 0.15) is 12.4 Å². The molecule has 1 saturated heterocycles. The summed E-state index contributed by atoms with van der Waals surface area (Å²) in [6.07, 6.45) is 2.92. The molecule has 29 heavy (non-hydrogen) atoms. The second-order valence-electron chi connectivity index (χ2n) is 6.77. The van der Waals surface area contributed by atoms with Crippen LogP contribution in [0.2, 0.25) is 5.02 Å². The zero-order valence-corrected chi connectivity index (χ0v) is 17.5. The first-order valence-corrected chi connectivity index (χ1v) is 11.1. The number of hydrogen-bond acceptors (Lipinski definition) is 4. The standard InChI is InChI=1S/C21H23ClN2O4S/c1-2-14-28-19-9-7-18(8-10-19)23-21(25)16-4-3-13-24(15-16)29(26,27)20-11-5-17(22)6-12-20/h2,5-12,16H,1,3-4,13-15H2,(H,23,25)/t16-/m0/s1. The van der Waals surface area contributed by atoms with E-state index in [4.69, 9.17) is 16.3 Å². The number of anilines is 1. The summed E-state index contributed by atoms with van der Waals surface area (Å²) in [4.78, 5) is 12.9. The van der Waals surface area contributed by atoms with Gasteiger partial charge in [0.15, 0.2) is 0 Å². The monoisotopic (exact) mass is 434 g/mol. The predicted molar refractivity (Wildman–Crippen MR) is 114 cm³/mol. The molecular weight excluding hydrogens is 412 g/mol. The fourth-order valence-corrected chi connectivity index (χ4v) is 4.81. The van der Waals surface area contributed by atoms with E-state index >= 15 is 0 Å². The van der Waals surface area contributed by atoms with Crippen molar-refractivity contribution in [3.63, 3.8) is 0 Å². The minimum absolute atomic E-state index is 0.150. The predicted octanol–water partition coefficient (Wildman–Crippen LogP) is 3.94. The molecule has 1 atom stereocenters. The summed E-state index contributed by atoms with van der Waals surface area (Å²) in [5, 5.41) is 3.33. The minimum atomic E-state index is -3.66. The van der Waals surface area contributed by atoms with E-state index in [0.717, 1.165) is 0 Å². The Hall–Kier alpha value is -2.35. The molecule has 0 bridgehead atoms. The molecule has 1 N–H and O–H groups in total. The van der Waals surface area contributed by atoms with E-state index in [1.165, 1.54) is 16.4 Å². The van der Waals surface area contributed by atoms with Gasteiger partial charge in [0.2, 0.25) is 15.9 Å². The zero-order valence-electron chi connectivity index (χ0n) is 15.9. The van der Waals surface area contributed by atoms with E-state index in [1.807, 2.05) is 0 Å². The van der Waals surface area contributed by atoms with E-state index in [2.05, 4.69) is 11.9 Å². The van der Waals surface area contributed by atoms with Gasteiger partial charge >= 0.3 is 0 Å². The van der Waals surface area contributed by atoms with Gasteiger partial charge < -0.3 is 10.1 Å². The lowest BCUT2D eigenvalue weighted by molar-refractivity contribution is -0.120. The number of rotatable bonds is 7. The molecule has 1 amide bonds. The Kier molecular flexibility index (Phi) is 6.95. The van der Waals surface area contributed by atoms with Crippen molar-refractivity contribution >= 4 is 33.2 Å². The number of halogens is 1.